The number of aromatic nitrogens is 2. The number of piperidine rings is 1. The predicted molar refractivity (Wildman–Crippen MR) is 142 cm³/mol. The summed E-state index contributed by atoms with van der Waals surface area (Å²) in [5.41, 5.74) is 0.275. The number of ether oxygens (including phenoxy) is 2. The second kappa shape index (κ2) is 10.5. The maximum Gasteiger partial charge on any atom is 0.325 e. The van der Waals surface area contributed by atoms with Gasteiger partial charge in [0.05, 0.1) is 12.6 Å². The third-order valence-corrected chi connectivity index (χ3v) is 6.67. The summed E-state index contributed by atoms with van der Waals surface area (Å²) in [4.78, 5) is 29.2. The van der Waals surface area contributed by atoms with Crippen LogP contribution in [0.4, 0.5) is 15.0 Å². The van der Waals surface area contributed by atoms with Crippen molar-refractivity contribution in [1.82, 2.24) is 20.2 Å². The normalized spacial score (nSPS) is 14.6. The number of hydrogen-bond donors (Lipinski definition) is 3. The minimum atomic E-state index is -1.37. The molecule has 0 unspecified atom stereocenters. The number of carbonyl (C=O) groups excluding carboxylic acids is 2. The van der Waals surface area contributed by atoms with Crippen LogP contribution in [-0.2, 0) is 5.67 Å². The molecule has 2 amide bonds. The van der Waals surface area contributed by atoms with Gasteiger partial charge in [-0.1, -0.05) is 12.1 Å². The van der Waals surface area contributed by atoms with Crippen molar-refractivity contribution in [2.24, 2.45) is 0 Å². The van der Waals surface area contributed by atoms with Gasteiger partial charge in [0.1, 0.15) is 17.2 Å². The fourth-order valence-electron chi connectivity index (χ4n) is 4.57. The Balaban J connectivity index is 1.31. The number of anilines is 1. The number of fused-ring (bicyclic) bond motifs is 1. The monoisotopic (exact) mass is 517 g/mol. The molecule has 0 bridgehead atoms. The van der Waals surface area contributed by atoms with E-state index in [0.717, 1.165) is 5.39 Å². The summed E-state index contributed by atoms with van der Waals surface area (Å²) < 4.78 is 28.2. The maximum absolute atomic E-state index is 15.2. The van der Waals surface area contributed by atoms with E-state index in [1.165, 1.54) is 17.9 Å². The molecule has 9 nitrogen and oxygen atoms in total. The highest BCUT2D eigenvalue weighted by molar-refractivity contribution is 6.03. The first-order valence-corrected chi connectivity index (χ1v) is 12.3. The molecule has 1 fully saturated rings. The number of hydrogen-bond acceptors (Lipinski definition) is 6. The van der Waals surface area contributed by atoms with Crippen LogP contribution in [0, 0.1) is 0 Å². The fourth-order valence-corrected chi connectivity index (χ4v) is 4.57. The molecule has 196 valence electrons. The molecule has 0 spiro atoms. The van der Waals surface area contributed by atoms with Crippen molar-refractivity contribution < 1.29 is 23.5 Å². The highest BCUT2D eigenvalue weighted by Crippen LogP contribution is 2.37. The van der Waals surface area contributed by atoms with Gasteiger partial charge in [0.15, 0.2) is 11.5 Å². The molecule has 0 radical (unpaired) electrons. The second-order valence-corrected chi connectivity index (χ2v) is 9.03. The molecule has 0 aliphatic carbocycles. The van der Waals surface area contributed by atoms with E-state index in [1.807, 2.05) is 0 Å². The number of alkyl halides is 1. The molecular formula is C28H28FN5O4. The molecular weight excluding hydrogens is 489 g/mol. The van der Waals surface area contributed by atoms with E-state index in [9.17, 15) is 9.59 Å². The number of benzene rings is 2. The van der Waals surface area contributed by atoms with E-state index in [4.69, 9.17) is 9.47 Å². The van der Waals surface area contributed by atoms with Crippen LogP contribution < -0.4 is 25.4 Å². The Kier molecular flexibility index (Phi) is 6.97. The van der Waals surface area contributed by atoms with Gasteiger partial charge in [-0.15, -0.1) is 0 Å². The molecule has 1 aliphatic rings. The van der Waals surface area contributed by atoms with E-state index < -0.39 is 5.67 Å². The van der Waals surface area contributed by atoms with Crippen molar-refractivity contribution in [3.8, 4) is 17.2 Å². The van der Waals surface area contributed by atoms with Crippen LogP contribution in [0.2, 0.25) is 0 Å². The van der Waals surface area contributed by atoms with Gasteiger partial charge in [0.2, 0.25) is 0 Å². The summed E-state index contributed by atoms with van der Waals surface area (Å²) in [5, 5.41) is 9.31. The van der Waals surface area contributed by atoms with Gasteiger partial charge >= 0.3 is 6.03 Å². The van der Waals surface area contributed by atoms with Crippen molar-refractivity contribution >= 4 is 28.7 Å². The smallest absolute Gasteiger partial charge is 0.325 e. The molecule has 4 aromatic rings. The third kappa shape index (κ3) is 5.03. The molecule has 0 atom stereocenters. The number of nitrogens with one attached hydrogen (secondary N) is 3. The van der Waals surface area contributed by atoms with Crippen LogP contribution >= 0.6 is 0 Å². The molecule has 0 saturated carbocycles. The van der Waals surface area contributed by atoms with E-state index in [1.54, 1.807) is 67.8 Å². The van der Waals surface area contributed by atoms with Crippen LogP contribution in [0.1, 0.15) is 28.8 Å². The number of pyridine rings is 1. The minimum absolute atomic E-state index is 0.268. The Morgan fingerprint density at radius 1 is 1.05 bits per heavy atom. The number of methoxy groups -OCH3 is 1. The molecule has 5 rings (SSSR count). The zero-order valence-corrected chi connectivity index (χ0v) is 21.1. The second-order valence-electron chi connectivity index (χ2n) is 9.03. The summed E-state index contributed by atoms with van der Waals surface area (Å²) in [6.07, 6.45) is 4.00. The standard InChI is InChI=1S/C28H28FN5O4/c1-30-27(36)34-14-8-19-15-24(23(37-2)17-22(19)34)38-21-7-11-32-25(16-21)33-26(35)18-3-5-20(6-4-18)28(29)9-12-31-13-10-28/h3-8,11,14-17,31H,9-10,12-13H2,1-2H3,(H,30,36)(H,32,33,35). The summed E-state index contributed by atoms with van der Waals surface area (Å²) in [6, 6.07) is 14.9. The highest BCUT2D eigenvalue weighted by Gasteiger charge is 2.33. The molecule has 38 heavy (non-hydrogen) atoms. The van der Waals surface area contributed by atoms with Gasteiger partial charge in [-0.05, 0) is 61.8 Å². The van der Waals surface area contributed by atoms with Crippen LogP contribution in [0.5, 0.6) is 17.2 Å². The Labute approximate surface area is 219 Å². The third-order valence-electron chi connectivity index (χ3n) is 6.67. The van der Waals surface area contributed by atoms with E-state index in [0.29, 0.717) is 65.6 Å². The summed E-state index contributed by atoms with van der Waals surface area (Å²) >= 11 is 0. The summed E-state index contributed by atoms with van der Waals surface area (Å²) in [5.74, 6) is 1.23. The van der Waals surface area contributed by atoms with Gasteiger partial charge in [-0.25, -0.2) is 14.2 Å². The lowest BCUT2D eigenvalue weighted by molar-refractivity contribution is 0.102. The lowest BCUT2D eigenvalue weighted by Crippen LogP contribution is -2.36. The van der Waals surface area contributed by atoms with Gasteiger partial charge in [0.25, 0.3) is 5.91 Å². The van der Waals surface area contributed by atoms with Crippen molar-refractivity contribution in [3.05, 3.63) is 78.1 Å². The van der Waals surface area contributed by atoms with E-state index in [2.05, 4.69) is 20.9 Å². The first-order chi connectivity index (χ1) is 18.4. The van der Waals surface area contributed by atoms with Crippen LogP contribution in [0.15, 0.2) is 67.0 Å². The zero-order valence-electron chi connectivity index (χ0n) is 21.1. The topological polar surface area (TPSA) is 107 Å². The Morgan fingerprint density at radius 3 is 2.53 bits per heavy atom. The number of halogens is 1. The van der Waals surface area contributed by atoms with Gasteiger partial charge in [0, 0.05) is 42.5 Å². The fraction of sp³-hybridized carbons (Fsp3) is 0.250. The quantitative estimate of drug-likeness (QED) is 0.339. The van der Waals surface area contributed by atoms with Crippen molar-refractivity contribution in [1.29, 1.82) is 0 Å². The van der Waals surface area contributed by atoms with Crippen LogP contribution in [0.3, 0.4) is 0 Å². The van der Waals surface area contributed by atoms with E-state index >= 15 is 4.39 Å². The molecule has 2 aromatic carbocycles. The van der Waals surface area contributed by atoms with Crippen LogP contribution in [0.25, 0.3) is 10.9 Å². The number of carbonyl (C=O) groups is 2. The molecule has 1 saturated heterocycles. The van der Waals surface area contributed by atoms with Gasteiger partial charge < -0.3 is 25.4 Å². The van der Waals surface area contributed by atoms with Crippen molar-refractivity contribution in [2.45, 2.75) is 18.5 Å². The van der Waals surface area contributed by atoms with Crippen molar-refractivity contribution in [2.75, 3.05) is 32.6 Å². The Hall–Kier alpha value is -4.44. The number of rotatable bonds is 6. The van der Waals surface area contributed by atoms with Crippen molar-refractivity contribution in [3.63, 3.8) is 0 Å². The number of amides is 2. The highest BCUT2D eigenvalue weighted by atomic mass is 19.1. The predicted octanol–water partition coefficient (Wildman–Crippen LogP) is 4.83. The largest absolute Gasteiger partial charge is 0.493 e. The lowest BCUT2D eigenvalue weighted by atomic mass is 9.86. The zero-order chi connectivity index (χ0) is 26.7. The maximum atomic E-state index is 15.2. The Morgan fingerprint density at radius 2 is 1.82 bits per heavy atom. The number of nitrogens with zero attached hydrogens (tertiary/aromatic N) is 2. The summed E-state index contributed by atoms with van der Waals surface area (Å²) in [7, 11) is 3.08. The molecule has 1 aliphatic heterocycles. The Bertz CT molecular complexity index is 1480. The van der Waals surface area contributed by atoms with E-state index in [-0.39, 0.29) is 11.9 Å². The molecule has 3 N–H and O–H groups in total. The first kappa shape index (κ1) is 25.2. The minimum Gasteiger partial charge on any atom is -0.493 e. The van der Waals surface area contributed by atoms with Gasteiger partial charge in [-0.3, -0.25) is 9.36 Å². The molecule has 10 heteroatoms. The SMILES string of the molecule is CNC(=O)n1ccc2cc(Oc3ccnc(NC(=O)c4ccc(C5(F)CCNCC5)cc4)c3)c(OC)cc21. The first-order valence-electron chi connectivity index (χ1n) is 12.3. The lowest BCUT2D eigenvalue weighted by Gasteiger charge is -2.30. The van der Waals surface area contributed by atoms with Crippen LogP contribution in [-0.4, -0.2) is 48.7 Å². The molecule has 3 heterocycles. The molecule has 2 aromatic heterocycles. The average molecular weight is 518 g/mol. The van der Waals surface area contributed by atoms with Gasteiger partial charge in [-0.2, -0.15) is 0 Å². The average Bonchev–Trinajstić information content (AvgIpc) is 3.35. The summed E-state index contributed by atoms with van der Waals surface area (Å²) in [6.45, 7) is 1.26.